The molecule has 0 aliphatic rings. The zero-order chi connectivity index (χ0) is 19.3. The first-order valence-corrected chi connectivity index (χ1v) is 8.92. The summed E-state index contributed by atoms with van der Waals surface area (Å²) in [5.41, 5.74) is 4.84. The molecule has 0 spiro atoms. The summed E-state index contributed by atoms with van der Waals surface area (Å²) >= 11 is 0. The van der Waals surface area contributed by atoms with Crippen molar-refractivity contribution in [3.05, 3.63) is 64.7 Å². The number of benzene rings is 2. The smallest absolute Gasteiger partial charge is 0.251 e. The van der Waals surface area contributed by atoms with Crippen LogP contribution in [0.2, 0.25) is 0 Å². The van der Waals surface area contributed by atoms with E-state index < -0.39 is 0 Å². The molecule has 0 aliphatic carbocycles. The Morgan fingerprint density at radius 1 is 0.923 bits per heavy atom. The zero-order valence-electron chi connectivity index (χ0n) is 16.3. The normalized spacial score (nSPS) is 11.1. The van der Waals surface area contributed by atoms with E-state index in [-0.39, 0.29) is 23.7 Å². The van der Waals surface area contributed by atoms with Gasteiger partial charge in [0, 0.05) is 24.2 Å². The molecule has 2 aromatic carbocycles. The van der Waals surface area contributed by atoms with Gasteiger partial charge in [0.15, 0.2) is 0 Å². The zero-order valence-corrected chi connectivity index (χ0v) is 16.3. The average Bonchev–Trinajstić information content (AvgIpc) is 2.53. The van der Waals surface area contributed by atoms with E-state index in [2.05, 4.69) is 37.5 Å². The second-order valence-corrected chi connectivity index (χ2v) is 7.76. The number of amides is 2. The average molecular weight is 352 g/mol. The van der Waals surface area contributed by atoms with Gasteiger partial charge in [0.05, 0.1) is 0 Å². The van der Waals surface area contributed by atoms with Gasteiger partial charge in [-0.05, 0) is 60.2 Å². The highest BCUT2D eigenvalue weighted by Gasteiger charge is 2.14. The van der Waals surface area contributed by atoms with Gasteiger partial charge >= 0.3 is 0 Å². The fraction of sp³-hybridized carbons (Fsp3) is 0.364. The van der Waals surface area contributed by atoms with Gasteiger partial charge < -0.3 is 10.6 Å². The Kier molecular flexibility index (Phi) is 6.19. The first kappa shape index (κ1) is 19.7. The quantitative estimate of drug-likeness (QED) is 0.840. The van der Waals surface area contributed by atoms with E-state index in [9.17, 15) is 9.59 Å². The highest BCUT2D eigenvalue weighted by molar-refractivity contribution is 5.95. The van der Waals surface area contributed by atoms with Gasteiger partial charge in [0.1, 0.15) is 0 Å². The van der Waals surface area contributed by atoms with E-state index in [0.717, 1.165) is 16.8 Å². The first-order valence-electron chi connectivity index (χ1n) is 8.92. The Labute approximate surface area is 156 Å². The first-order chi connectivity index (χ1) is 12.1. The van der Waals surface area contributed by atoms with Gasteiger partial charge in [0.2, 0.25) is 5.91 Å². The van der Waals surface area contributed by atoms with Crippen molar-refractivity contribution in [2.75, 3.05) is 11.9 Å². The van der Waals surface area contributed by atoms with Crippen LogP contribution in [-0.4, -0.2) is 18.4 Å². The second-order valence-electron chi connectivity index (χ2n) is 7.76. The Balaban J connectivity index is 1.83. The molecule has 0 fully saturated rings. The predicted octanol–water partition coefficient (Wildman–Crippen LogP) is 4.36. The number of rotatable bonds is 5. The van der Waals surface area contributed by atoms with Gasteiger partial charge in [-0.3, -0.25) is 9.59 Å². The van der Waals surface area contributed by atoms with Crippen LogP contribution in [0.4, 0.5) is 5.69 Å². The number of hydrogen-bond donors (Lipinski definition) is 2. The maximum Gasteiger partial charge on any atom is 0.251 e. The molecule has 0 unspecified atom stereocenters. The summed E-state index contributed by atoms with van der Waals surface area (Å²) in [6.07, 6.45) is 0.235. The molecule has 0 heterocycles. The van der Waals surface area contributed by atoms with E-state index in [1.807, 2.05) is 50.2 Å². The highest BCUT2D eigenvalue weighted by atomic mass is 16.2. The summed E-state index contributed by atoms with van der Waals surface area (Å²) < 4.78 is 0. The van der Waals surface area contributed by atoms with Crippen LogP contribution in [0.1, 0.15) is 54.2 Å². The van der Waals surface area contributed by atoms with Crippen molar-refractivity contribution >= 4 is 17.5 Å². The van der Waals surface area contributed by atoms with Gasteiger partial charge in [-0.15, -0.1) is 0 Å². The van der Waals surface area contributed by atoms with Gasteiger partial charge in [-0.25, -0.2) is 0 Å². The SMILES string of the molecule is Cc1cc(C)cc(NC(=O)CCNC(=O)c2ccc(C(C)(C)C)cc2)c1. The number of carbonyl (C=O) groups excluding carboxylic acids is 2. The van der Waals surface area contributed by atoms with Crippen molar-refractivity contribution in [3.63, 3.8) is 0 Å². The molecule has 0 saturated heterocycles. The van der Waals surface area contributed by atoms with E-state index in [1.165, 1.54) is 5.56 Å². The summed E-state index contributed by atoms with van der Waals surface area (Å²) in [5.74, 6) is -0.275. The highest BCUT2D eigenvalue weighted by Crippen LogP contribution is 2.22. The minimum Gasteiger partial charge on any atom is -0.352 e. The van der Waals surface area contributed by atoms with Gasteiger partial charge in [-0.1, -0.05) is 39.0 Å². The van der Waals surface area contributed by atoms with Crippen molar-refractivity contribution in [2.24, 2.45) is 0 Å². The monoisotopic (exact) mass is 352 g/mol. The molecule has 2 aromatic rings. The number of anilines is 1. The summed E-state index contributed by atoms with van der Waals surface area (Å²) in [5, 5.41) is 5.67. The Bertz CT molecular complexity index is 767. The molecule has 0 atom stereocenters. The van der Waals surface area contributed by atoms with Crippen molar-refractivity contribution in [3.8, 4) is 0 Å². The third kappa shape index (κ3) is 5.73. The molecule has 0 aromatic heterocycles. The number of nitrogens with one attached hydrogen (secondary N) is 2. The fourth-order valence-corrected chi connectivity index (χ4v) is 2.78. The van der Waals surface area contributed by atoms with Crippen LogP contribution in [0.25, 0.3) is 0 Å². The van der Waals surface area contributed by atoms with Crippen molar-refractivity contribution < 1.29 is 9.59 Å². The molecule has 0 radical (unpaired) electrons. The minimum atomic E-state index is -0.162. The van der Waals surface area contributed by atoms with E-state index in [4.69, 9.17) is 0 Å². The second kappa shape index (κ2) is 8.17. The summed E-state index contributed by atoms with van der Waals surface area (Å²) in [6.45, 7) is 10.7. The van der Waals surface area contributed by atoms with Crippen LogP contribution in [0.3, 0.4) is 0 Å². The third-order valence-electron chi connectivity index (χ3n) is 4.16. The molecule has 2 rings (SSSR count). The number of aryl methyl sites for hydroxylation is 2. The summed E-state index contributed by atoms with van der Waals surface area (Å²) in [7, 11) is 0. The summed E-state index contributed by atoms with van der Waals surface area (Å²) in [4.78, 5) is 24.2. The van der Waals surface area contributed by atoms with E-state index >= 15 is 0 Å². The lowest BCUT2D eigenvalue weighted by Gasteiger charge is -2.19. The van der Waals surface area contributed by atoms with Crippen LogP contribution in [-0.2, 0) is 10.2 Å². The molecular weight excluding hydrogens is 324 g/mol. The number of carbonyl (C=O) groups is 2. The van der Waals surface area contributed by atoms with Crippen molar-refractivity contribution in [1.82, 2.24) is 5.32 Å². The molecular formula is C22H28N2O2. The Morgan fingerprint density at radius 2 is 1.50 bits per heavy atom. The third-order valence-corrected chi connectivity index (χ3v) is 4.16. The lowest BCUT2D eigenvalue weighted by Crippen LogP contribution is -2.27. The van der Waals surface area contributed by atoms with Crippen LogP contribution in [0, 0.1) is 13.8 Å². The topological polar surface area (TPSA) is 58.2 Å². The van der Waals surface area contributed by atoms with Crippen LogP contribution in [0.15, 0.2) is 42.5 Å². The lowest BCUT2D eigenvalue weighted by molar-refractivity contribution is -0.116. The van der Waals surface area contributed by atoms with Crippen LogP contribution >= 0.6 is 0 Å². The molecule has 26 heavy (non-hydrogen) atoms. The van der Waals surface area contributed by atoms with Gasteiger partial charge in [-0.2, -0.15) is 0 Å². The van der Waals surface area contributed by atoms with Gasteiger partial charge in [0.25, 0.3) is 5.91 Å². The molecule has 138 valence electrons. The standard InChI is InChI=1S/C22H28N2O2/c1-15-12-16(2)14-19(13-15)24-20(25)10-11-23-21(26)17-6-8-18(9-7-17)22(3,4)5/h6-9,12-14H,10-11H2,1-5H3,(H,23,26)(H,24,25). The Morgan fingerprint density at radius 3 is 2.04 bits per heavy atom. The molecule has 4 heteroatoms. The van der Waals surface area contributed by atoms with E-state index in [1.54, 1.807) is 0 Å². The Hall–Kier alpha value is -2.62. The maximum atomic E-state index is 12.2. The lowest BCUT2D eigenvalue weighted by atomic mass is 9.87. The number of hydrogen-bond acceptors (Lipinski definition) is 2. The molecule has 2 amide bonds. The molecule has 0 saturated carbocycles. The van der Waals surface area contributed by atoms with Crippen molar-refractivity contribution in [1.29, 1.82) is 0 Å². The predicted molar refractivity (Wildman–Crippen MR) is 107 cm³/mol. The van der Waals surface area contributed by atoms with E-state index in [0.29, 0.717) is 12.1 Å². The maximum absolute atomic E-state index is 12.2. The minimum absolute atomic E-state index is 0.0568. The van der Waals surface area contributed by atoms with Crippen LogP contribution in [0.5, 0.6) is 0 Å². The summed E-state index contributed by atoms with van der Waals surface area (Å²) in [6, 6.07) is 13.5. The fourth-order valence-electron chi connectivity index (χ4n) is 2.78. The van der Waals surface area contributed by atoms with Crippen molar-refractivity contribution in [2.45, 2.75) is 46.5 Å². The largest absolute Gasteiger partial charge is 0.352 e. The molecule has 2 N–H and O–H groups in total. The molecule has 0 aliphatic heterocycles. The molecule has 4 nitrogen and oxygen atoms in total. The van der Waals surface area contributed by atoms with Crippen LogP contribution < -0.4 is 10.6 Å². The molecule has 0 bridgehead atoms.